The van der Waals surface area contributed by atoms with Gasteiger partial charge in [0.05, 0.1) is 6.54 Å². The van der Waals surface area contributed by atoms with E-state index in [4.69, 9.17) is 0 Å². The van der Waals surface area contributed by atoms with E-state index in [2.05, 4.69) is 10.3 Å². The Morgan fingerprint density at radius 2 is 2.00 bits per heavy atom. The molecule has 0 bridgehead atoms. The first-order valence-electron chi connectivity index (χ1n) is 6.53. The van der Waals surface area contributed by atoms with Crippen LogP contribution < -0.4 is 5.32 Å². The van der Waals surface area contributed by atoms with Crippen molar-refractivity contribution in [3.8, 4) is 0 Å². The first-order chi connectivity index (χ1) is 9.13. The number of nitrogens with zero attached hydrogens (tertiary/aromatic N) is 2. The molecule has 1 heterocycles. The third-order valence-corrected chi connectivity index (χ3v) is 2.82. The van der Waals surface area contributed by atoms with Crippen LogP contribution in [0.3, 0.4) is 0 Å². The second kappa shape index (κ2) is 8.24. The van der Waals surface area contributed by atoms with E-state index in [1.165, 1.54) is 0 Å². The van der Waals surface area contributed by atoms with Gasteiger partial charge in [-0.25, -0.2) is 0 Å². The lowest BCUT2D eigenvalue weighted by molar-refractivity contribution is -0.131. The predicted molar refractivity (Wildman–Crippen MR) is 73.5 cm³/mol. The molecule has 0 aliphatic carbocycles. The van der Waals surface area contributed by atoms with Crippen LogP contribution in [-0.4, -0.2) is 41.8 Å². The van der Waals surface area contributed by atoms with Gasteiger partial charge in [0, 0.05) is 32.4 Å². The van der Waals surface area contributed by atoms with E-state index in [9.17, 15) is 9.59 Å². The van der Waals surface area contributed by atoms with Gasteiger partial charge in [-0.1, -0.05) is 6.92 Å². The van der Waals surface area contributed by atoms with Gasteiger partial charge in [0.2, 0.25) is 11.8 Å². The summed E-state index contributed by atoms with van der Waals surface area (Å²) < 4.78 is 0. The summed E-state index contributed by atoms with van der Waals surface area (Å²) >= 11 is 0. The molecule has 1 aromatic heterocycles. The van der Waals surface area contributed by atoms with Gasteiger partial charge in [0.25, 0.3) is 0 Å². The minimum absolute atomic E-state index is 0.0708. The van der Waals surface area contributed by atoms with E-state index in [1.54, 1.807) is 24.3 Å². The molecule has 2 amide bonds. The molecule has 19 heavy (non-hydrogen) atoms. The van der Waals surface area contributed by atoms with Crippen molar-refractivity contribution in [2.75, 3.05) is 20.1 Å². The summed E-state index contributed by atoms with van der Waals surface area (Å²) in [6.07, 6.45) is 5.52. The van der Waals surface area contributed by atoms with Gasteiger partial charge in [0.15, 0.2) is 0 Å². The molecular formula is C14H21N3O2. The molecule has 5 heteroatoms. The number of pyridine rings is 1. The summed E-state index contributed by atoms with van der Waals surface area (Å²) in [7, 11) is 1.75. The molecule has 0 spiro atoms. The number of likely N-dealkylation sites (N-methyl/N-ethyl adjacent to an activating group) is 1. The Morgan fingerprint density at radius 1 is 1.32 bits per heavy atom. The molecule has 0 saturated heterocycles. The fourth-order valence-electron chi connectivity index (χ4n) is 1.60. The molecule has 0 unspecified atom stereocenters. The lowest BCUT2D eigenvalue weighted by Crippen LogP contribution is -2.38. The molecule has 0 aliphatic heterocycles. The van der Waals surface area contributed by atoms with Crippen LogP contribution >= 0.6 is 0 Å². The van der Waals surface area contributed by atoms with Gasteiger partial charge in [-0.2, -0.15) is 0 Å². The summed E-state index contributed by atoms with van der Waals surface area (Å²) in [4.78, 5) is 28.6. The van der Waals surface area contributed by atoms with Crippen LogP contribution in [0.25, 0.3) is 0 Å². The van der Waals surface area contributed by atoms with Crippen molar-refractivity contribution in [1.29, 1.82) is 0 Å². The van der Waals surface area contributed by atoms with Crippen LogP contribution in [0.4, 0.5) is 0 Å². The number of nitrogens with one attached hydrogen (secondary N) is 1. The highest BCUT2D eigenvalue weighted by Gasteiger charge is 2.09. The SMILES string of the molecule is CCCC(=O)NCC(=O)N(C)CCc1ccncc1. The minimum atomic E-state index is -0.0709. The normalized spacial score (nSPS) is 10.0. The molecule has 1 N–H and O–H groups in total. The molecule has 0 atom stereocenters. The maximum Gasteiger partial charge on any atom is 0.241 e. The van der Waals surface area contributed by atoms with Crippen LogP contribution in [0.5, 0.6) is 0 Å². The highest BCUT2D eigenvalue weighted by atomic mass is 16.2. The van der Waals surface area contributed by atoms with E-state index in [1.807, 2.05) is 19.1 Å². The standard InChI is InChI=1S/C14H21N3O2/c1-3-4-13(18)16-11-14(19)17(2)10-7-12-5-8-15-9-6-12/h5-6,8-9H,3-4,7,10-11H2,1-2H3,(H,16,18). The van der Waals surface area contributed by atoms with Crippen LogP contribution in [0.1, 0.15) is 25.3 Å². The number of hydrogen-bond donors (Lipinski definition) is 1. The molecule has 0 radical (unpaired) electrons. The van der Waals surface area contributed by atoms with Gasteiger partial charge < -0.3 is 10.2 Å². The Labute approximate surface area is 114 Å². The molecular weight excluding hydrogens is 242 g/mol. The Morgan fingerprint density at radius 3 is 2.63 bits per heavy atom. The van der Waals surface area contributed by atoms with E-state index in [0.717, 1.165) is 18.4 Å². The zero-order valence-corrected chi connectivity index (χ0v) is 11.6. The molecule has 1 aromatic rings. The zero-order chi connectivity index (χ0) is 14.1. The predicted octanol–water partition coefficient (Wildman–Crippen LogP) is 0.999. The molecule has 0 saturated carbocycles. The fourth-order valence-corrected chi connectivity index (χ4v) is 1.60. The van der Waals surface area contributed by atoms with Crippen molar-refractivity contribution in [2.24, 2.45) is 0 Å². The second-order valence-electron chi connectivity index (χ2n) is 4.45. The Kier molecular flexibility index (Phi) is 6.57. The average Bonchev–Trinajstić information content (AvgIpc) is 2.43. The molecule has 0 aliphatic rings. The molecule has 0 fully saturated rings. The first kappa shape index (κ1) is 15.1. The number of carbonyl (C=O) groups is 2. The maximum atomic E-state index is 11.8. The van der Waals surface area contributed by atoms with Crippen LogP contribution in [0.2, 0.25) is 0 Å². The zero-order valence-electron chi connectivity index (χ0n) is 11.6. The number of rotatable bonds is 7. The average molecular weight is 263 g/mol. The number of aromatic nitrogens is 1. The lowest BCUT2D eigenvalue weighted by Gasteiger charge is -2.17. The van der Waals surface area contributed by atoms with Crippen molar-refractivity contribution >= 4 is 11.8 Å². The third-order valence-electron chi connectivity index (χ3n) is 2.82. The van der Waals surface area contributed by atoms with Crippen molar-refractivity contribution in [1.82, 2.24) is 15.2 Å². The summed E-state index contributed by atoms with van der Waals surface area (Å²) in [6, 6.07) is 3.86. The fraction of sp³-hybridized carbons (Fsp3) is 0.500. The van der Waals surface area contributed by atoms with Gasteiger partial charge in [-0.05, 0) is 30.5 Å². The summed E-state index contributed by atoms with van der Waals surface area (Å²) in [5, 5.41) is 2.62. The van der Waals surface area contributed by atoms with Crippen LogP contribution in [0, 0.1) is 0 Å². The smallest absolute Gasteiger partial charge is 0.241 e. The summed E-state index contributed by atoms with van der Waals surface area (Å²) in [6.45, 7) is 2.64. The molecule has 0 aromatic carbocycles. The quantitative estimate of drug-likeness (QED) is 0.798. The topological polar surface area (TPSA) is 62.3 Å². The maximum absolute atomic E-state index is 11.8. The van der Waals surface area contributed by atoms with Gasteiger partial charge >= 0.3 is 0 Å². The van der Waals surface area contributed by atoms with Gasteiger partial charge in [-0.3, -0.25) is 14.6 Å². The summed E-state index contributed by atoms with van der Waals surface area (Å²) in [5.41, 5.74) is 1.14. The summed E-state index contributed by atoms with van der Waals surface area (Å²) in [5.74, 6) is -0.142. The van der Waals surface area contributed by atoms with Gasteiger partial charge in [-0.15, -0.1) is 0 Å². The van der Waals surface area contributed by atoms with Crippen molar-refractivity contribution in [3.05, 3.63) is 30.1 Å². The van der Waals surface area contributed by atoms with Crippen molar-refractivity contribution in [2.45, 2.75) is 26.2 Å². The van der Waals surface area contributed by atoms with Crippen LogP contribution in [-0.2, 0) is 16.0 Å². The van der Waals surface area contributed by atoms with E-state index in [0.29, 0.717) is 13.0 Å². The van der Waals surface area contributed by atoms with E-state index in [-0.39, 0.29) is 18.4 Å². The molecule has 1 rings (SSSR count). The third kappa shape index (κ3) is 5.99. The van der Waals surface area contributed by atoms with Crippen LogP contribution in [0.15, 0.2) is 24.5 Å². The first-order valence-corrected chi connectivity index (χ1v) is 6.53. The van der Waals surface area contributed by atoms with Crippen molar-refractivity contribution in [3.63, 3.8) is 0 Å². The molecule has 5 nitrogen and oxygen atoms in total. The van der Waals surface area contributed by atoms with Crippen molar-refractivity contribution < 1.29 is 9.59 Å². The number of hydrogen-bond acceptors (Lipinski definition) is 3. The van der Waals surface area contributed by atoms with E-state index < -0.39 is 0 Å². The molecule has 104 valence electrons. The second-order valence-corrected chi connectivity index (χ2v) is 4.45. The Balaban J connectivity index is 2.27. The minimum Gasteiger partial charge on any atom is -0.347 e. The van der Waals surface area contributed by atoms with E-state index >= 15 is 0 Å². The number of carbonyl (C=O) groups excluding carboxylic acids is 2. The highest BCUT2D eigenvalue weighted by molar-refractivity contribution is 5.84. The Bertz CT molecular complexity index is 406. The highest BCUT2D eigenvalue weighted by Crippen LogP contribution is 1.99. The monoisotopic (exact) mass is 263 g/mol. The largest absolute Gasteiger partial charge is 0.347 e. The number of amides is 2. The van der Waals surface area contributed by atoms with Gasteiger partial charge in [0.1, 0.15) is 0 Å². The lowest BCUT2D eigenvalue weighted by atomic mass is 10.2. The Hall–Kier alpha value is -1.91.